The summed E-state index contributed by atoms with van der Waals surface area (Å²) < 4.78 is 1.95. The van der Waals surface area contributed by atoms with E-state index < -0.39 is 0 Å². The van der Waals surface area contributed by atoms with E-state index in [9.17, 15) is 0 Å². The minimum Gasteiger partial charge on any atom is -0.399 e. The van der Waals surface area contributed by atoms with Crippen molar-refractivity contribution in [2.75, 3.05) is 17.7 Å². The first-order chi connectivity index (χ1) is 9.02. The third kappa shape index (κ3) is 2.84. The van der Waals surface area contributed by atoms with E-state index in [2.05, 4.69) is 16.9 Å². The molecule has 0 aliphatic rings. The van der Waals surface area contributed by atoms with Crippen LogP contribution in [0.25, 0.3) is 0 Å². The highest BCUT2D eigenvalue weighted by molar-refractivity contribution is 6.31. The molecule has 0 bridgehead atoms. The molecule has 2 N–H and O–H groups in total. The van der Waals surface area contributed by atoms with Crippen LogP contribution in [0.2, 0.25) is 5.02 Å². The molecule has 4 nitrogen and oxygen atoms in total. The van der Waals surface area contributed by atoms with Crippen LogP contribution in [0, 0.1) is 6.92 Å². The molecule has 5 heteroatoms. The fourth-order valence-electron chi connectivity index (χ4n) is 2.06. The fraction of sp³-hybridized carbons (Fsp3) is 0.357. The molecule has 0 aliphatic carbocycles. The molecule has 1 aromatic heterocycles. The monoisotopic (exact) mass is 278 g/mol. The highest BCUT2D eigenvalue weighted by atomic mass is 35.5. The number of hydrogen-bond donors (Lipinski definition) is 1. The van der Waals surface area contributed by atoms with Crippen molar-refractivity contribution in [2.45, 2.75) is 26.9 Å². The van der Waals surface area contributed by atoms with Crippen LogP contribution in [0.3, 0.4) is 0 Å². The lowest BCUT2D eigenvalue weighted by molar-refractivity contribution is 0.613. The SMILES string of the molecule is CCn1nc(C)c(Cl)c1CN(C)c1ccc(N)cc1. The molecule has 0 saturated carbocycles. The Hall–Kier alpha value is -1.68. The molecule has 0 radical (unpaired) electrons. The summed E-state index contributed by atoms with van der Waals surface area (Å²) in [6.45, 7) is 5.53. The van der Waals surface area contributed by atoms with E-state index in [1.165, 1.54) is 0 Å². The molecule has 0 spiro atoms. The van der Waals surface area contributed by atoms with Crippen LogP contribution in [-0.2, 0) is 13.1 Å². The Kier molecular flexibility index (Phi) is 4.00. The van der Waals surface area contributed by atoms with Crippen LogP contribution in [0.5, 0.6) is 0 Å². The summed E-state index contributed by atoms with van der Waals surface area (Å²) in [6, 6.07) is 7.80. The van der Waals surface area contributed by atoms with Crippen LogP contribution in [0.4, 0.5) is 11.4 Å². The van der Waals surface area contributed by atoms with Crippen molar-refractivity contribution in [3.8, 4) is 0 Å². The van der Waals surface area contributed by atoms with Crippen LogP contribution in [0.1, 0.15) is 18.3 Å². The molecular formula is C14H19ClN4. The van der Waals surface area contributed by atoms with Crippen molar-refractivity contribution in [1.29, 1.82) is 0 Å². The van der Waals surface area contributed by atoms with E-state index in [1.807, 2.05) is 42.9 Å². The second-order valence-electron chi connectivity index (χ2n) is 4.61. The summed E-state index contributed by atoms with van der Waals surface area (Å²) in [5.41, 5.74) is 9.49. The maximum absolute atomic E-state index is 6.32. The van der Waals surface area contributed by atoms with Gasteiger partial charge in [-0.25, -0.2) is 0 Å². The maximum atomic E-state index is 6.32. The average Bonchev–Trinajstić information content (AvgIpc) is 2.67. The number of halogens is 1. The quantitative estimate of drug-likeness (QED) is 0.875. The molecule has 1 aromatic carbocycles. The van der Waals surface area contributed by atoms with Gasteiger partial charge in [-0.15, -0.1) is 0 Å². The van der Waals surface area contributed by atoms with Crippen LogP contribution in [-0.4, -0.2) is 16.8 Å². The second-order valence-corrected chi connectivity index (χ2v) is 4.99. The van der Waals surface area contributed by atoms with Crippen LogP contribution >= 0.6 is 11.6 Å². The van der Waals surface area contributed by atoms with Gasteiger partial charge < -0.3 is 10.6 Å². The second kappa shape index (κ2) is 5.53. The third-order valence-corrected chi connectivity index (χ3v) is 3.67. The van der Waals surface area contributed by atoms with Gasteiger partial charge in [0.1, 0.15) is 0 Å². The minimum atomic E-state index is 0.720. The largest absolute Gasteiger partial charge is 0.399 e. The number of aryl methyl sites for hydroxylation is 2. The molecule has 19 heavy (non-hydrogen) atoms. The molecule has 0 fully saturated rings. The van der Waals surface area contributed by atoms with E-state index in [-0.39, 0.29) is 0 Å². The number of rotatable bonds is 4. The Balaban J connectivity index is 2.23. The van der Waals surface area contributed by atoms with Crippen molar-refractivity contribution in [3.63, 3.8) is 0 Å². The zero-order valence-electron chi connectivity index (χ0n) is 11.5. The fourth-order valence-corrected chi connectivity index (χ4v) is 2.26. The Morgan fingerprint density at radius 1 is 1.32 bits per heavy atom. The molecular weight excluding hydrogens is 260 g/mol. The smallest absolute Gasteiger partial charge is 0.0865 e. The lowest BCUT2D eigenvalue weighted by Crippen LogP contribution is -2.19. The Bertz CT molecular complexity index is 560. The predicted octanol–water partition coefficient (Wildman–Crippen LogP) is 3.08. The van der Waals surface area contributed by atoms with Gasteiger partial charge in [-0.2, -0.15) is 5.10 Å². The van der Waals surface area contributed by atoms with E-state index in [4.69, 9.17) is 17.3 Å². The molecule has 0 aliphatic heterocycles. The molecule has 0 saturated heterocycles. The van der Waals surface area contributed by atoms with Crippen LogP contribution < -0.4 is 10.6 Å². The van der Waals surface area contributed by atoms with Crippen molar-refractivity contribution < 1.29 is 0 Å². The van der Waals surface area contributed by atoms with Gasteiger partial charge in [-0.3, -0.25) is 4.68 Å². The van der Waals surface area contributed by atoms with Gasteiger partial charge in [0.05, 0.1) is 23.0 Å². The highest BCUT2D eigenvalue weighted by Crippen LogP contribution is 2.24. The number of nitrogens with zero attached hydrogens (tertiary/aromatic N) is 3. The van der Waals surface area contributed by atoms with Gasteiger partial charge in [-0.05, 0) is 38.1 Å². The number of anilines is 2. The summed E-state index contributed by atoms with van der Waals surface area (Å²) >= 11 is 6.32. The van der Waals surface area contributed by atoms with E-state index >= 15 is 0 Å². The number of aromatic nitrogens is 2. The number of hydrogen-bond acceptors (Lipinski definition) is 3. The van der Waals surface area contributed by atoms with E-state index in [0.29, 0.717) is 0 Å². The van der Waals surface area contributed by atoms with Gasteiger partial charge >= 0.3 is 0 Å². The molecule has 0 amide bonds. The molecule has 1 heterocycles. The lowest BCUT2D eigenvalue weighted by atomic mass is 10.2. The zero-order valence-corrected chi connectivity index (χ0v) is 12.3. The molecule has 0 atom stereocenters. The first kappa shape index (κ1) is 13.7. The first-order valence-electron chi connectivity index (χ1n) is 6.31. The minimum absolute atomic E-state index is 0.720. The summed E-state index contributed by atoms with van der Waals surface area (Å²) in [5, 5.41) is 5.18. The maximum Gasteiger partial charge on any atom is 0.0865 e. The molecule has 2 rings (SSSR count). The van der Waals surface area contributed by atoms with Gasteiger partial charge in [0.25, 0.3) is 0 Å². The normalized spacial score (nSPS) is 10.7. The average molecular weight is 279 g/mol. The summed E-state index contributed by atoms with van der Waals surface area (Å²) in [6.07, 6.45) is 0. The standard InChI is InChI=1S/C14H19ClN4/c1-4-19-13(14(15)10(2)17-19)9-18(3)12-7-5-11(16)6-8-12/h5-8H,4,9,16H2,1-3H3. The Morgan fingerprint density at radius 3 is 2.53 bits per heavy atom. The van der Waals surface area contributed by atoms with Crippen molar-refractivity contribution in [3.05, 3.63) is 40.7 Å². The Labute approximate surface area is 118 Å². The van der Waals surface area contributed by atoms with Crippen molar-refractivity contribution in [1.82, 2.24) is 9.78 Å². The van der Waals surface area contributed by atoms with Crippen molar-refractivity contribution >= 4 is 23.0 Å². The summed E-state index contributed by atoms with van der Waals surface area (Å²) in [5.74, 6) is 0. The number of benzene rings is 1. The van der Waals surface area contributed by atoms with Crippen LogP contribution in [0.15, 0.2) is 24.3 Å². The van der Waals surface area contributed by atoms with Gasteiger partial charge in [0, 0.05) is 25.0 Å². The molecule has 2 aromatic rings. The third-order valence-electron chi connectivity index (χ3n) is 3.17. The van der Waals surface area contributed by atoms with Gasteiger partial charge in [0.2, 0.25) is 0 Å². The number of nitrogen functional groups attached to an aromatic ring is 1. The zero-order chi connectivity index (χ0) is 14.0. The van der Waals surface area contributed by atoms with Gasteiger partial charge in [-0.1, -0.05) is 11.6 Å². The predicted molar refractivity (Wildman–Crippen MR) is 80.6 cm³/mol. The topological polar surface area (TPSA) is 47.1 Å². The Morgan fingerprint density at radius 2 is 1.95 bits per heavy atom. The highest BCUT2D eigenvalue weighted by Gasteiger charge is 2.14. The number of nitrogens with two attached hydrogens (primary N) is 1. The van der Waals surface area contributed by atoms with Gasteiger partial charge in [0.15, 0.2) is 0 Å². The van der Waals surface area contributed by atoms with Crippen molar-refractivity contribution in [2.24, 2.45) is 0 Å². The first-order valence-corrected chi connectivity index (χ1v) is 6.69. The summed E-state index contributed by atoms with van der Waals surface area (Å²) in [4.78, 5) is 2.13. The van der Waals surface area contributed by atoms with E-state index in [1.54, 1.807) is 0 Å². The summed E-state index contributed by atoms with van der Waals surface area (Å²) in [7, 11) is 2.03. The molecule has 0 unspecified atom stereocenters. The lowest BCUT2D eigenvalue weighted by Gasteiger charge is -2.20. The molecule has 102 valence electrons. The van der Waals surface area contributed by atoms with E-state index in [0.717, 1.165) is 40.9 Å².